The van der Waals surface area contributed by atoms with Crippen LogP contribution in [0.2, 0.25) is 0 Å². The van der Waals surface area contributed by atoms with E-state index in [4.69, 9.17) is 15.0 Å². The first-order chi connectivity index (χ1) is 33.2. The Morgan fingerprint density at radius 2 is 0.750 bits per heavy atom. The minimum Gasteiger partial charge on any atom is -0.304 e. The second-order valence-electron chi connectivity index (χ2n) is 17.6. The van der Waals surface area contributed by atoms with Gasteiger partial charge >= 0.3 is 20.1 Å². The predicted octanol–water partition coefficient (Wildman–Crippen LogP) is 16.4. The van der Waals surface area contributed by atoms with Gasteiger partial charge in [-0.2, -0.15) is 0 Å². The van der Waals surface area contributed by atoms with Crippen molar-refractivity contribution in [3.05, 3.63) is 236 Å². The summed E-state index contributed by atoms with van der Waals surface area (Å²) in [5.41, 5.74) is 20.6. The fourth-order valence-electron chi connectivity index (χ4n) is 9.88. The van der Waals surface area contributed by atoms with Crippen LogP contribution in [0.5, 0.6) is 0 Å². The number of aromatic nitrogens is 3. The molecule has 3 heterocycles. The van der Waals surface area contributed by atoms with Crippen molar-refractivity contribution in [3.8, 4) is 101 Å². The molecule has 3 nitrogen and oxygen atoms in total. The minimum atomic E-state index is 0. The van der Waals surface area contributed by atoms with E-state index in [1.165, 1.54) is 54.4 Å². The van der Waals surface area contributed by atoms with Gasteiger partial charge in [-0.25, -0.2) is 0 Å². The molecule has 0 spiro atoms. The summed E-state index contributed by atoms with van der Waals surface area (Å²) < 4.78 is 0. The van der Waals surface area contributed by atoms with Gasteiger partial charge in [0.25, 0.3) is 0 Å². The van der Waals surface area contributed by atoms with Gasteiger partial charge in [0.15, 0.2) is 0 Å². The molecular formula is C64H48IrN3. The molecule has 0 aliphatic heterocycles. The van der Waals surface area contributed by atoms with Crippen LogP contribution in [0.1, 0.15) is 37.7 Å². The van der Waals surface area contributed by atoms with Crippen molar-refractivity contribution in [2.45, 2.75) is 38.5 Å². The van der Waals surface area contributed by atoms with E-state index in [-0.39, 0.29) is 20.1 Å². The van der Waals surface area contributed by atoms with Crippen molar-refractivity contribution in [1.29, 1.82) is 0 Å². The average molecular weight is 1050 g/mol. The largest absolute Gasteiger partial charge is 3.00 e. The first-order valence-electron chi connectivity index (χ1n) is 23.5. The smallest absolute Gasteiger partial charge is 0.304 e. The van der Waals surface area contributed by atoms with E-state index in [9.17, 15) is 0 Å². The van der Waals surface area contributed by atoms with E-state index in [1.54, 1.807) is 0 Å². The molecule has 7 aromatic carbocycles. The SMILES string of the molecule is [Ir+3].[c-]1ccccc1-c1ccc(-c2ccccc2-c2cc(-c3ccccc3-c3ccc(-c4[c-]cccc4)nc3)cc(-c3ccccc3-c3cnc(-c4[c-]cccc4)cc3CC3CCCCC3)c2)cn1. The van der Waals surface area contributed by atoms with Crippen molar-refractivity contribution in [2.75, 3.05) is 0 Å². The molecule has 10 aromatic rings. The summed E-state index contributed by atoms with van der Waals surface area (Å²) in [7, 11) is 0. The molecule has 68 heavy (non-hydrogen) atoms. The summed E-state index contributed by atoms with van der Waals surface area (Å²) in [6, 6.07) is 78.6. The Kier molecular flexibility index (Phi) is 13.5. The van der Waals surface area contributed by atoms with E-state index in [0.29, 0.717) is 5.92 Å². The Hall–Kier alpha value is -7.36. The van der Waals surface area contributed by atoms with Crippen LogP contribution in [0.3, 0.4) is 0 Å². The maximum atomic E-state index is 5.14. The first kappa shape index (κ1) is 44.5. The van der Waals surface area contributed by atoms with E-state index in [1.807, 2.05) is 60.9 Å². The predicted molar refractivity (Wildman–Crippen MR) is 276 cm³/mol. The molecule has 0 saturated heterocycles. The molecule has 1 aliphatic rings. The first-order valence-corrected chi connectivity index (χ1v) is 23.5. The molecule has 1 saturated carbocycles. The molecule has 0 unspecified atom stereocenters. The molecule has 0 N–H and O–H groups in total. The van der Waals surface area contributed by atoms with Crippen molar-refractivity contribution in [3.63, 3.8) is 0 Å². The summed E-state index contributed by atoms with van der Waals surface area (Å²) in [5.74, 6) is 0.654. The van der Waals surface area contributed by atoms with Crippen molar-refractivity contribution in [2.24, 2.45) is 5.92 Å². The summed E-state index contributed by atoms with van der Waals surface area (Å²) in [6.07, 6.45) is 13.6. The average Bonchev–Trinajstić information content (AvgIpc) is 3.42. The maximum absolute atomic E-state index is 5.14. The third-order valence-corrected chi connectivity index (χ3v) is 13.3. The Labute approximate surface area is 414 Å². The van der Waals surface area contributed by atoms with E-state index >= 15 is 0 Å². The van der Waals surface area contributed by atoms with Crippen LogP contribution in [-0.4, -0.2) is 15.0 Å². The molecule has 0 atom stereocenters. The van der Waals surface area contributed by atoms with Crippen LogP contribution in [0.25, 0.3) is 101 Å². The quantitative estimate of drug-likeness (QED) is 0.121. The maximum Gasteiger partial charge on any atom is 3.00 e. The van der Waals surface area contributed by atoms with Crippen LogP contribution < -0.4 is 0 Å². The molecule has 4 heteroatoms. The van der Waals surface area contributed by atoms with E-state index in [0.717, 1.165) is 90.3 Å². The van der Waals surface area contributed by atoms with Gasteiger partial charge in [-0.1, -0.05) is 135 Å². The summed E-state index contributed by atoms with van der Waals surface area (Å²) >= 11 is 0. The Morgan fingerprint density at radius 3 is 1.18 bits per heavy atom. The van der Waals surface area contributed by atoms with Gasteiger partial charge in [0.2, 0.25) is 0 Å². The van der Waals surface area contributed by atoms with Crippen LogP contribution in [-0.2, 0) is 26.5 Å². The van der Waals surface area contributed by atoms with Crippen molar-refractivity contribution < 1.29 is 20.1 Å². The van der Waals surface area contributed by atoms with Crippen LogP contribution in [0, 0.1) is 24.1 Å². The third kappa shape index (κ3) is 9.58. The van der Waals surface area contributed by atoms with E-state index < -0.39 is 0 Å². The van der Waals surface area contributed by atoms with Crippen LogP contribution in [0.15, 0.2) is 213 Å². The van der Waals surface area contributed by atoms with Crippen LogP contribution in [0.4, 0.5) is 0 Å². The van der Waals surface area contributed by atoms with Crippen molar-refractivity contribution >= 4 is 0 Å². The molecule has 11 rings (SSSR count). The third-order valence-electron chi connectivity index (χ3n) is 13.3. The van der Waals surface area contributed by atoms with Gasteiger partial charge < -0.3 is 15.0 Å². The second-order valence-corrected chi connectivity index (χ2v) is 17.6. The zero-order valence-corrected chi connectivity index (χ0v) is 40.1. The number of hydrogen-bond donors (Lipinski definition) is 0. The molecule has 0 radical (unpaired) electrons. The standard InChI is InChI=1S/C64H48N3.Ir/c1-5-19-45(20-6-1)37-51-41-64(48-25-11-4-12-26-48)67-44-61(51)60-32-18-17-31-59(60)54-39-52(57-29-15-13-27-55(57)49-33-35-62(65-42-49)46-21-7-2-8-22-46)38-53(40-54)58-30-16-14-28-56(58)50-34-36-63(66-43-50)47-23-9-3-10-24-47;/h2-4,7-18,21,23,25,27-36,38-45H,1,5-6,19-20,37H2;/q-3;+3. The molecular weight excluding hydrogens is 1000 g/mol. The molecule has 1 aliphatic carbocycles. The fraction of sp³-hybridized carbons (Fsp3) is 0.109. The van der Waals surface area contributed by atoms with Gasteiger partial charge in [-0.3, -0.25) is 0 Å². The molecule has 3 aromatic heterocycles. The normalized spacial score (nSPS) is 12.6. The fourth-order valence-corrected chi connectivity index (χ4v) is 9.88. The van der Waals surface area contributed by atoms with Gasteiger partial charge in [0.1, 0.15) is 0 Å². The number of pyridine rings is 3. The van der Waals surface area contributed by atoms with Crippen molar-refractivity contribution in [1.82, 2.24) is 15.0 Å². The number of nitrogens with zero attached hydrogens (tertiary/aromatic N) is 3. The molecule has 0 bridgehead atoms. The second kappa shape index (κ2) is 20.7. The molecule has 328 valence electrons. The minimum absolute atomic E-state index is 0. The number of rotatable bonds is 11. The Morgan fingerprint density at radius 1 is 0.353 bits per heavy atom. The van der Waals surface area contributed by atoms with Gasteiger partial charge in [0.05, 0.1) is 0 Å². The van der Waals surface area contributed by atoms with Crippen LogP contribution >= 0.6 is 0 Å². The topological polar surface area (TPSA) is 38.7 Å². The van der Waals surface area contributed by atoms with Gasteiger partial charge in [-0.05, 0) is 114 Å². The zero-order chi connectivity index (χ0) is 44.8. The Bertz CT molecular complexity index is 3130. The van der Waals surface area contributed by atoms with Gasteiger partial charge in [0, 0.05) is 24.2 Å². The van der Waals surface area contributed by atoms with Gasteiger partial charge in [-0.15, -0.1) is 108 Å². The summed E-state index contributed by atoms with van der Waals surface area (Å²) in [5, 5.41) is 0. The zero-order valence-electron chi connectivity index (χ0n) is 37.7. The molecule has 1 fully saturated rings. The number of hydrogen-bond acceptors (Lipinski definition) is 3. The summed E-state index contributed by atoms with van der Waals surface area (Å²) in [6.45, 7) is 0. The van der Waals surface area contributed by atoms with E-state index in [2.05, 4.69) is 170 Å². The number of benzene rings is 7. The summed E-state index contributed by atoms with van der Waals surface area (Å²) in [4.78, 5) is 15.0. The monoisotopic (exact) mass is 1050 g/mol. The Balaban J connectivity index is 0.00000539. The molecule has 0 amide bonds.